The van der Waals surface area contributed by atoms with Crippen molar-refractivity contribution in [2.45, 2.75) is 45.3 Å². The minimum absolute atomic E-state index is 0.0342. The van der Waals surface area contributed by atoms with E-state index in [0.29, 0.717) is 5.56 Å². The van der Waals surface area contributed by atoms with Gasteiger partial charge in [-0.3, -0.25) is 10.1 Å². The van der Waals surface area contributed by atoms with Crippen molar-refractivity contribution in [3.63, 3.8) is 0 Å². The van der Waals surface area contributed by atoms with Crippen LogP contribution in [0.25, 0.3) is 0 Å². The number of benzene rings is 1. The first-order chi connectivity index (χ1) is 9.54. The summed E-state index contributed by atoms with van der Waals surface area (Å²) >= 11 is 0. The molecule has 1 fully saturated rings. The summed E-state index contributed by atoms with van der Waals surface area (Å²) in [4.78, 5) is 13.7. The minimum Gasteiger partial charge on any atom is -0.319 e. The fourth-order valence-electron chi connectivity index (χ4n) is 2.64. The predicted octanol–water partition coefficient (Wildman–Crippen LogP) is 2.97. The molecule has 0 spiro atoms. The lowest BCUT2D eigenvalue weighted by Crippen LogP contribution is -2.38. The van der Waals surface area contributed by atoms with E-state index >= 15 is 0 Å². The van der Waals surface area contributed by atoms with Crippen molar-refractivity contribution in [3.05, 3.63) is 35.4 Å². The molecule has 1 aliphatic heterocycles. The molecule has 1 aliphatic rings. The second-order valence-electron chi connectivity index (χ2n) is 5.24. The van der Waals surface area contributed by atoms with Crippen molar-refractivity contribution in [1.82, 2.24) is 10.2 Å². The Kier molecular flexibility index (Phi) is 4.70. The molecule has 1 heterocycles. The maximum Gasteiger partial charge on any atom is 0.238 e. The van der Waals surface area contributed by atoms with Crippen molar-refractivity contribution in [2.75, 3.05) is 6.54 Å². The van der Waals surface area contributed by atoms with E-state index in [2.05, 4.69) is 12.2 Å². The number of carbonyl (C=O) groups excluding carboxylic acids is 1. The molecule has 5 heteroatoms. The molecule has 2 unspecified atom stereocenters. The Balaban J connectivity index is 2.23. The number of hydrogen-bond acceptors (Lipinski definition) is 2. The highest BCUT2D eigenvalue weighted by Gasteiger charge is 2.36. The molecule has 1 N–H and O–H groups in total. The molecule has 1 saturated heterocycles. The molecule has 0 bridgehead atoms. The first kappa shape index (κ1) is 14.9. The molecule has 2 atom stereocenters. The van der Waals surface area contributed by atoms with Crippen molar-refractivity contribution >= 4 is 5.91 Å². The lowest BCUT2D eigenvalue weighted by atomic mass is 10.1. The Hall–Kier alpha value is -1.49. The fraction of sp³-hybridized carbons (Fsp3) is 0.533. The third-order valence-electron chi connectivity index (χ3n) is 3.72. The monoisotopic (exact) mass is 282 g/mol. The maximum atomic E-state index is 13.9. The zero-order chi connectivity index (χ0) is 14.7. The van der Waals surface area contributed by atoms with Crippen molar-refractivity contribution in [1.29, 1.82) is 0 Å². The van der Waals surface area contributed by atoms with Crippen LogP contribution in [-0.4, -0.2) is 23.4 Å². The average molecular weight is 282 g/mol. The first-order valence-corrected chi connectivity index (χ1v) is 7.04. The lowest BCUT2D eigenvalue weighted by molar-refractivity contribution is -0.130. The summed E-state index contributed by atoms with van der Waals surface area (Å²) in [6.07, 6.45) is 2.44. The van der Waals surface area contributed by atoms with Gasteiger partial charge in [0.25, 0.3) is 0 Å². The van der Waals surface area contributed by atoms with Crippen molar-refractivity contribution < 1.29 is 13.6 Å². The van der Waals surface area contributed by atoms with Gasteiger partial charge in [-0.2, -0.15) is 0 Å². The van der Waals surface area contributed by atoms with Gasteiger partial charge < -0.3 is 4.90 Å². The number of carbonyl (C=O) groups is 1. The number of unbranched alkanes of at least 4 members (excludes halogenated alkanes) is 1. The molecule has 3 nitrogen and oxygen atoms in total. The molecule has 1 aromatic rings. The van der Waals surface area contributed by atoms with Gasteiger partial charge in [0.1, 0.15) is 17.8 Å². The number of nitrogens with zero attached hydrogens (tertiary/aromatic N) is 1. The van der Waals surface area contributed by atoms with Gasteiger partial charge in [0.05, 0.1) is 6.54 Å². The number of halogens is 2. The summed E-state index contributed by atoms with van der Waals surface area (Å²) in [5.41, 5.74) is 0.320. The van der Waals surface area contributed by atoms with E-state index in [1.807, 2.05) is 6.92 Å². The molecule has 1 aromatic carbocycles. The summed E-state index contributed by atoms with van der Waals surface area (Å²) < 4.78 is 26.9. The Morgan fingerprint density at radius 3 is 2.85 bits per heavy atom. The van der Waals surface area contributed by atoms with Crippen LogP contribution in [0.5, 0.6) is 0 Å². The van der Waals surface area contributed by atoms with Gasteiger partial charge in [-0.15, -0.1) is 0 Å². The zero-order valence-electron chi connectivity index (χ0n) is 11.8. The highest BCUT2D eigenvalue weighted by molar-refractivity contribution is 5.81. The van der Waals surface area contributed by atoms with Gasteiger partial charge in [-0.1, -0.05) is 19.8 Å². The molecular weight excluding hydrogens is 262 g/mol. The van der Waals surface area contributed by atoms with Crippen LogP contribution in [0.1, 0.15) is 44.8 Å². The highest BCUT2D eigenvalue weighted by Crippen LogP contribution is 2.28. The van der Waals surface area contributed by atoms with E-state index in [4.69, 9.17) is 0 Å². The van der Waals surface area contributed by atoms with Gasteiger partial charge >= 0.3 is 0 Å². The van der Waals surface area contributed by atoms with Crippen LogP contribution in [0.2, 0.25) is 0 Å². The average Bonchev–Trinajstić information content (AvgIpc) is 2.78. The van der Waals surface area contributed by atoms with Gasteiger partial charge in [-0.25, -0.2) is 8.78 Å². The first-order valence-electron chi connectivity index (χ1n) is 7.04. The minimum atomic E-state index is -0.620. The van der Waals surface area contributed by atoms with Crippen LogP contribution in [0.3, 0.4) is 0 Å². The van der Waals surface area contributed by atoms with Gasteiger partial charge in [0.2, 0.25) is 5.91 Å². The zero-order valence-corrected chi connectivity index (χ0v) is 11.8. The maximum absolute atomic E-state index is 13.9. The van der Waals surface area contributed by atoms with E-state index in [-0.39, 0.29) is 18.5 Å². The largest absolute Gasteiger partial charge is 0.319 e. The topological polar surface area (TPSA) is 32.3 Å². The Labute approximate surface area is 118 Å². The SMILES string of the molecule is CCCCC(C)N1C(=O)CNC1c1ccc(F)cc1F. The number of nitrogens with one attached hydrogen (secondary N) is 1. The second-order valence-corrected chi connectivity index (χ2v) is 5.24. The lowest BCUT2D eigenvalue weighted by Gasteiger charge is -2.31. The molecular formula is C15H20F2N2O. The number of rotatable bonds is 5. The standard InChI is InChI=1S/C15H20F2N2O/c1-3-4-5-10(2)19-14(20)9-18-15(19)12-7-6-11(16)8-13(12)17/h6-8,10,15,18H,3-5,9H2,1-2H3. The van der Waals surface area contributed by atoms with Crippen LogP contribution < -0.4 is 5.32 Å². The van der Waals surface area contributed by atoms with E-state index in [9.17, 15) is 13.6 Å². The number of hydrogen-bond donors (Lipinski definition) is 1. The summed E-state index contributed by atoms with van der Waals surface area (Å²) in [6.45, 7) is 4.25. The Bertz CT molecular complexity index is 493. The summed E-state index contributed by atoms with van der Waals surface area (Å²) in [5.74, 6) is -1.27. The third kappa shape index (κ3) is 2.98. The fourth-order valence-corrected chi connectivity index (χ4v) is 2.64. The predicted molar refractivity (Wildman–Crippen MR) is 72.9 cm³/mol. The summed E-state index contributed by atoms with van der Waals surface area (Å²) in [5, 5.41) is 3.00. The van der Waals surface area contributed by atoms with Crippen LogP contribution in [0.4, 0.5) is 8.78 Å². The van der Waals surface area contributed by atoms with E-state index in [0.717, 1.165) is 25.3 Å². The molecule has 110 valence electrons. The van der Waals surface area contributed by atoms with Gasteiger partial charge in [0.15, 0.2) is 0 Å². The molecule has 0 radical (unpaired) electrons. The van der Waals surface area contributed by atoms with Gasteiger partial charge in [0, 0.05) is 17.7 Å². The van der Waals surface area contributed by atoms with Crippen molar-refractivity contribution in [2.24, 2.45) is 0 Å². The summed E-state index contributed by atoms with van der Waals surface area (Å²) in [7, 11) is 0. The van der Waals surface area contributed by atoms with E-state index < -0.39 is 17.8 Å². The second kappa shape index (κ2) is 6.31. The molecule has 0 aliphatic carbocycles. The molecule has 2 rings (SSSR count). The normalized spacial score (nSPS) is 20.5. The molecule has 1 amide bonds. The quantitative estimate of drug-likeness (QED) is 0.900. The number of amides is 1. The molecule has 20 heavy (non-hydrogen) atoms. The van der Waals surface area contributed by atoms with Crippen LogP contribution in [0.15, 0.2) is 18.2 Å². The highest BCUT2D eigenvalue weighted by atomic mass is 19.1. The summed E-state index contributed by atoms with van der Waals surface area (Å²) in [6, 6.07) is 3.51. The molecule has 0 saturated carbocycles. The smallest absolute Gasteiger partial charge is 0.238 e. The van der Waals surface area contributed by atoms with Crippen molar-refractivity contribution in [3.8, 4) is 0 Å². The Morgan fingerprint density at radius 1 is 1.45 bits per heavy atom. The van der Waals surface area contributed by atoms with Crippen LogP contribution in [-0.2, 0) is 4.79 Å². The Morgan fingerprint density at radius 2 is 2.20 bits per heavy atom. The van der Waals surface area contributed by atoms with E-state index in [1.165, 1.54) is 12.1 Å². The van der Waals surface area contributed by atoms with Gasteiger partial charge in [-0.05, 0) is 25.5 Å². The third-order valence-corrected chi connectivity index (χ3v) is 3.72. The van der Waals surface area contributed by atoms with E-state index in [1.54, 1.807) is 4.90 Å². The van der Waals surface area contributed by atoms with Crippen LogP contribution >= 0.6 is 0 Å². The van der Waals surface area contributed by atoms with Crippen LogP contribution in [0, 0.1) is 11.6 Å². The molecule has 0 aromatic heterocycles.